The van der Waals surface area contributed by atoms with Crippen LogP contribution in [0.4, 0.5) is 5.69 Å². The van der Waals surface area contributed by atoms with E-state index in [0.29, 0.717) is 11.6 Å². The third-order valence-corrected chi connectivity index (χ3v) is 3.83. The SMILES string of the molecule is COc1ccc(C(CN)Nc2cccc(Cl)c2)cc1Br. The van der Waals surface area contributed by atoms with Gasteiger partial charge in [-0.1, -0.05) is 23.7 Å². The van der Waals surface area contributed by atoms with Gasteiger partial charge in [-0.25, -0.2) is 0 Å². The minimum Gasteiger partial charge on any atom is -0.496 e. The standard InChI is InChI=1S/C15H16BrClN2O/c1-20-15-6-5-10(7-13(15)16)14(9-18)19-12-4-2-3-11(17)8-12/h2-8,14,19H,9,18H2,1H3. The van der Waals surface area contributed by atoms with Crippen LogP contribution in [0.5, 0.6) is 5.75 Å². The van der Waals surface area contributed by atoms with Gasteiger partial charge >= 0.3 is 0 Å². The summed E-state index contributed by atoms with van der Waals surface area (Å²) in [5.74, 6) is 0.798. The van der Waals surface area contributed by atoms with Crippen LogP contribution in [0.25, 0.3) is 0 Å². The third kappa shape index (κ3) is 3.66. The highest BCUT2D eigenvalue weighted by atomic mass is 79.9. The van der Waals surface area contributed by atoms with Crippen molar-refractivity contribution in [3.63, 3.8) is 0 Å². The Kier molecular flexibility index (Phi) is 5.29. The molecule has 0 aliphatic heterocycles. The Bertz CT molecular complexity index is 592. The lowest BCUT2D eigenvalue weighted by molar-refractivity contribution is 0.412. The molecule has 0 aliphatic carbocycles. The molecule has 0 bridgehead atoms. The Morgan fingerprint density at radius 1 is 1.30 bits per heavy atom. The van der Waals surface area contributed by atoms with Gasteiger partial charge in [-0.2, -0.15) is 0 Å². The van der Waals surface area contributed by atoms with E-state index >= 15 is 0 Å². The van der Waals surface area contributed by atoms with E-state index in [0.717, 1.165) is 21.5 Å². The molecule has 106 valence electrons. The largest absolute Gasteiger partial charge is 0.496 e. The molecule has 1 unspecified atom stereocenters. The number of benzene rings is 2. The van der Waals surface area contributed by atoms with Gasteiger partial charge in [0.25, 0.3) is 0 Å². The van der Waals surface area contributed by atoms with Crippen LogP contribution in [0.1, 0.15) is 11.6 Å². The van der Waals surface area contributed by atoms with Crippen molar-refractivity contribution in [2.45, 2.75) is 6.04 Å². The molecular formula is C15H16BrClN2O. The van der Waals surface area contributed by atoms with Crippen molar-refractivity contribution < 1.29 is 4.74 Å². The first-order chi connectivity index (χ1) is 9.63. The van der Waals surface area contributed by atoms with Gasteiger partial charge in [0.2, 0.25) is 0 Å². The van der Waals surface area contributed by atoms with Gasteiger partial charge in [0.05, 0.1) is 17.6 Å². The first kappa shape index (κ1) is 15.2. The van der Waals surface area contributed by atoms with Crippen molar-refractivity contribution >= 4 is 33.2 Å². The number of rotatable bonds is 5. The highest BCUT2D eigenvalue weighted by molar-refractivity contribution is 9.10. The molecule has 20 heavy (non-hydrogen) atoms. The Hall–Kier alpha value is -1.23. The highest BCUT2D eigenvalue weighted by Crippen LogP contribution is 2.29. The molecule has 0 saturated carbocycles. The minimum atomic E-state index is 0.00988. The van der Waals surface area contributed by atoms with Crippen LogP contribution in [0.2, 0.25) is 5.02 Å². The maximum absolute atomic E-state index is 5.99. The zero-order chi connectivity index (χ0) is 14.5. The topological polar surface area (TPSA) is 47.3 Å². The summed E-state index contributed by atoms with van der Waals surface area (Å²) in [6, 6.07) is 13.5. The fourth-order valence-electron chi connectivity index (χ4n) is 1.96. The number of hydrogen-bond donors (Lipinski definition) is 2. The first-order valence-electron chi connectivity index (χ1n) is 6.19. The van der Waals surface area contributed by atoms with Crippen LogP contribution in [0.15, 0.2) is 46.9 Å². The van der Waals surface area contributed by atoms with Crippen molar-refractivity contribution in [3.05, 3.63) is 57.5 Å². The highest BCUT2D eigenvalue weighted by Gasteiger charge is 2.12. The molecule has 0 heterocycles. The Morgan fingerprint density at radius 2 is 2.10 bits per heavy atom. The van der Waals surface area contributed by atoms with Gasteiger partial charge < -0.3 is 15.8 Å². The summed E-state index contributed by atoms with van der Waals surface area (Å²) in [6.07, 6.45) is 0. The summed E-state index contributed by atoms with van der Waals surface area (Å²) < 4.78 is 6.14. The van der Waals surface area contributed by atoms with Gasteiger partial charge in [-0.05, 0) is 51.8 Å². The Morgan fingerprint density at radius 3 is 2.70 bits per heavy atom. The summed E-state index contributed by atoms with van der Waals surface area (Å²) in [5, 5.41) is 4.08. The third-order valence-electron chi connectivity index (χ3n) is 2.98. The van der Waals surface area contributed by atoms with Crippen LogP contribution in [-0.2, 0) is 0 Å². The minimum absolute atomic E-state index is 0.00988. The molecule has 1 atom stereocenters. The van der Waals surface area contributed by atoms with Gasteiger partial charge in [-0.3, -0.25) is 0 Å². The monoisotopic (exact) mass is 354 g/mol. The summed E-state index contributed by atoms with van der Waals surface area (Å²) in [6.45, 7) is 0.477. The predicted molar refractivity (Wildman–Crippen MR) is 87.6 cm³/mol. The van der Waals surface area contributed by atoms with E-state index in [-0.39, 0.29) is 6.04 Å². The lowest BCUT2D eigenvalue weighted by Gasteiger charge is -2.19. The van der Waals surface area contributed by atoms with Gasteiger partial charge in [0, 0.05) is 17.3 Å². The van der Waals surface area contributed by atoms with E-state index < -0.39 is 0 Å². The van der Waals surface area contributed by atoms with E-state index in [9.17, 15) is 0 Å². The number of ether oxygens (including phenoxy) is 1. The van der Waals surface area contributed by atoms with Crippen molar-refractivity contribution in [1.82, 2.24) is 0 Å². The lowest BCUT2D eigenvalue weighted by atomic mass is 10.1. The summed E-state index contributed by atoms with van der Waals surface area (Å²) in [7, 11) is 1.64. The molecule has 2 rings (SSSR count). The van der Waals surface area contributed by atoms with E-state index in [2.05, 4.69) is 21.2 Å². The normalized spacial score (nSPS) is 12.0. The zero-order valence-corrected chi connectivity index (χ0v) is 13.4. The second-order valence-corrected chi connectivity index (χ2v) is 5.63. The quantitative estimate of drug-likeness (QED) is 0.844. The summed E-state index contributed by atoms with van der Waals surface area (Å²) in [4.78, 5) is 0. The average molecular weight is 356 g/mol. The van der Waals surface area contributed by atoms with Crippen molar-refractivity contribution in [3.8, 4) is 5.75 Å². The molecule has 0 amide bonds. The molecule has 0 spiro atoms. The number of anilines is 1. The Labute approximate surface area is 132 Å². The van der Waals surface area contributed by atoms with Crippen LogP contribution in [0, 0.1) is 0 Å². The first-order valence-corrected chi connectivity index (χ1v) is 7.36. The fraction of sp³-hybridized carbons (Fsp3) is 0.200. The second-order valence-electron chi connectivity index (χ2n) is 4.34. The number of hydrogen-bond acceptors (Lipinski definition) is 3. The van der Waals surface area contributed by atoms with Crippen LogP contribution < -0.4 is 15.8 Å². The summed E-state index contributed by atoms with van der Waals surface area (Å²) in [5.41, 5.74) is 7.90. The molecule has 5 heteroatoms. The average Bonchev–Trinajstić information content (AvgIpc) is 2.44. The Balaban J connectivity index is 2.22. The molecule has 0 aliphatic rings. The van der Waals surface area contributed by atoms with E-state index in [1.54, 1.807) is 7.11 Å². The second kappa shape index (κ2) is 6.97. The smallest absolute Gasteiger partial charge is 0.133 e. The number of methoxy groups -OCH3 is 1. The van der Waals surface area contributed by atoms with Gasteiger partial charge in [0.1, 0.15) is 5.75 Å². The number of nitrogens with one attached hydrogen (secondary N) is 1. The molecule has 0 fully saturated rings. The molecular weight excluding hydrogens is 340 g/mol. The van der Waals surface area contributed by atoms with Gasteiger partial charge in [-0.15, -0.1) is 0 Å². The van der Waals surface area contributed by atoms with Crippen molar-refractivity contribution in [1.29, 1.82) is 0 Å². The van der Waals surface area contributed by atoms with Crippen LogP contribution in [-0.4, -0.2) is 13.7 Å². The number of halogens is 2. The predicted octanol–water partition coefficient (Wildman–Crippen LogP) is 4.22. The molecule has 2 aromatic carbocycles. The van der Waals surface area contributed by atoms with Crippen LogP contribution in [0.3, 0.4) is 0 Å². The van der Waals surface area contributed by atoms with Crippen molar-refractivity contribution in [2.24, 2.45) is 5.73 Å². The zero-order valence-electron chi connectivity index (χ0n) is 11.1. The number of nitrogens with two attached hydrogens (primary N) is 1. The molecule has 3 nitrogen and oxygen atoms in total. The molecule has 0 aromatic heterocycles. The summed E-state index contributed by atoms with van der Waals surface area (Å²) >= 11 is 9.47. The van der Waals surface area contributed by atoms with E-state index in [1.807, 2.05) is 42.5 Å². The van der Waals surface area contributed by atoms with E-state index in [4.69, 9.17) is 22.1 Å². The fourth-order valence-corrected chi connectivity index (χ4v) is 2.71. The molecule has 0 saturated heterocycles. The maximum atomic E-state index is 5.99. The van der Waals surface area contributed by atoms with Crippen molar-refractivity contribution in [2.75, 3.05) is 19.0 Å². The lowest BCUT2D eigenvalue weighted by Crippen LogP contribution is -2.20. The molecule has 3 N–H and O–H groups in total. The van der Waals surface area contributed by atoms with Crippen LogP contribution >= 0.6 is 27.5 Å². The molecule has 2 aromatic rings. The van der Waals surface area contributed by atoms with Gasteiger partial charge in [0.15, 0.2) is 0 Å². The maximum Gasteiger partial charge on any atom is 0.133 e. The molecule has 0 radical (unpaired) electrons. The van der Waals surface area contributed by atoms with E-state index in [1.165, 1.54) is 0 Å².